The first-order chi connectivity index (χ1) is 6.50. The Bertz CT molecular complexity index is 270. The lowest BCUT2D eigenvalue weighted by atomic mass is 10.2. The predicted molar refractivity (Wildman–Crippen MR) is 48.7 cm³/mol. The van der Waals surface area contributed by atoms with Gasteiger partial charge in [0.1, 0.15) is 0 Å². The van der Waals surface area contributed by atoms with Crippen LogP contribution >= 0.6 is 11.8 Å². The van der Waals surface area contributed by atoms with Gasteiger partial charge in [-0.3, -0.25) is 0 Å². The molecule has 0 aromatic heterocycles. The van der Waals surface area contributed by atoms with Crippen LogP contribution < -0.4 is 0 Å². The summed E-state index contributed by atoms with van der Waals surface area (Å²) in [5.41, 5.74) is -2.12. The predicted octanol–water partition coefficient (Wildman–Crippen LogP) is 3.78. The van der Waals surface area contributed by atoms with Gasteiger partial charge in [-0.2, -0.15) is 13.2 Å². The van der Waals surface area contributed by atoms with Crippen molar-refractivity contribution in [3.8, 4) is 0 Å². The van der Waals surface area contributed by atoms with Gasteiger partial charge >= 0.3 is 6.18 Å². The summed E-state index contributed by atoms with van der Waals surface area (Å²) in [6.07, 6.45) is -4.76. The Morgan fingerprint density at radius 3 is 2.21 bits per heavy atom. The van der Waals surface area contributed by atoms with E-state index >= 15 is 0 Å². The third-order valence-corrected chi connectivity index (χ3v) is 2.56. The molecule has 14 heavy (non-hydrogen) atoms. The summed E-state index contributed by atoms with van der Waals surface area (Å²) in [6.45, 7) is 0. The molecule has 0 fully saturated rings. The maximum Gasteiger partial charge on any atom is 0.429 e. The summed E-state index contributed by atoms with van der Waals surface area (Å²) in [7, 11) is 0. The second-order valence-corrected chi connectivity index (χ2v) is 3.69. The van der Waals surface area contributed by atoms with E-state index in [0.29, 0.717) is 5.56 Å². The van der Waals surface area contributed by atoms with Crippen LogP contribution in [-0.4, -0.2) is 11.7 Å². The molecule has 5 heteroatoms. The molecule has 0 saturated carbocycles. The Labute approximate surface area is 83.3 Å². The van der Waals surface area contributed by atoms with E-state index in [2.05, 4.69) is 0 Å². The molecule has 0 bridgehead atoms. The minimum absolute atomic E-state index is 0.0293. The first-order valence-corrected chi connectivity index (χ1v) is 4.91. The van der Waals surface area contributed by atoms with Gasteiger partial charge in [0.15, 0.2) is 0 Å². The average molecular weight is 224 g/mol. The smallest absolute Gasteiger partial charge is 0.225 e. The fourth-order valence-electron chi connectivity index (χ4n) is 0.838. The molecule has 0 aliphatic rings. The summed E-state index contributed by atoms with van der Waals surface area (Å²) in [6, 6.07) is 8.49. The summed E-state index contributed by atoms with van der Waals surface area (Å²) < 4.78 is 47.7. The van der Waals surface area contributed by atoms with E-state index in [9.17, 15) is 17.6 Å². The van der Waals surface area contributed by atoms with Crippen LogP contribution in [0.4, 0.5) is 17.6 Å². The van der Waals surface area contributed by atoms with Gasteiger partial charge < -0.3 is 0 Å². The lowest BCUT2D eigenvalue weighted by Gasteiger charge is -2.11. The third-order valence-electron chi connectivity index (χ3n) is 1.50. The number of hydrogen-bond acceptors (Lipinski definition) is 1. The number of hydrogen-bond donors (Lipinski definition) is 0. The lowest BCUT2D eigenvalue weighted by Crippen LogP contribution is -2.20. The van der Waals surface area contributed by atoms with Crippen LogP contribution in [0.2, 0.25) is 0 Å². The van der Waals surface area contributed by atoms with E-state index in [4.69, 9.17) is 0 Å². The van der Waals surface area contributed by atoms with Gasteiger partial charge in [-0.25, -0.2) is 4.39 Å². The van der Waals surface area contributed by atoms with Crippen LogP contribution in [-0.2, 0) is 5.75 Å². The molecular formula is C9H8F4S. The van der Waals surface area contributed by atoms with Crippen molar-refractivity contribution >= 4 is 11.8 Å². The van der Waals surface area contributed by atoms with Gasteiger partial charge in [-0.1, -0.05) is 30.3 Å². The van der Waals surface area contributed by atoms with Gasteiger partial charge in [0.2, 0.25) is 5.50 Å². The zero-order valence-corrected chi connectivity index (χ0v) is 7.91. The molecule has 1 aromatic carbocycles. The molecule has 0 aliphatic carbocycles. The average Bonchev–Trinajstić information content (AvgIpc) is 2.14. The van der Waals surface area contributed by atoms with Gasteiger partial charge in [0, 0.05) is 5.75 Å². The van der Waals surface area contributed by atoms with Crippen molar-refractivity contribution in [2.24, 2.45) is 0 Å². The molecule has 0 N–H and O–H groups in total. The molecule has 0 heterocycles. The van der Waals surface area contributed by atoms with Crippen molar-refractivity contribution < 1.29 is 17.6 Å². The van der Waals surface area contributed by atoms with E-state index in [-0.39, 0.29) is 17.5 Å². The summed E-state index contributed by atoms with van der Waals surface area (Å²) in [5.74, 6) is 0.0293. The van der Waals surface area contributed by atoms with Crippen molar-refractivity contribution in [3.05, 3.63) is 35.9 Å². The van der Waals surface area contributed by atoms with Crippen LogP contribution in [0.1, 0.15) is 5.56 Å². The molecule has 0 saturated heterocycles. The van der Waals surface area contributed by atoms with Crippen LogP contribution in [0.3, 0.4) is 0 Å². The first kappa shape index (κ1) is 11.4. The highest BCUT2D eigenvalue weighted by atomic mass is 32.2. The van der Waals surface area contributed by atoms with E-state index < -0.39 is 11.7 Å². The second kappa shape index (κ2) is 4.68. The van der Waals surface area contributed by atoms with Gasteiger partial charge in [0.05, 0.1) is 0 Å². The standard InChI is InChI=1S/C9H8F4S/c10-8(9(11,12)13)14-6-7-4-2-1-3-5-7/h1-5,8H,6H2. The highest BCUT2D eigenvalue weighted by molar-refractivity contribution is 7.99. The van der Waals surface area contributed by atoms with E-state index in [0.717, 1.165) is 0 Å². The molecule has 0 nitrogen and oxygen atoms in total. The van der Waals surface area contributed by atoms with Crippen molar-refractivity contribution in [3.63, 3.8) is 0 Å². The number of halogens is 4. The van der Waals surface area contributed by atoms with E-state index in [1.807, 2.05) is 0 Å². The first-order valence-electron chi connectivity index (χ1n) is 3.86. The highest BCUT2D eigenvalue weighted by Gasteiger charge is 2.40. The SMILES string of the molecule is FC(SCc1ccccc1)C(F)(F)F. The fraction of sp³-hybridized carbons (Fsp3) is 0.333. The molecule has 1 aromatic rings. The zero-order chi connectivity index (χ0) is 10.6. The maximum absolute atomic E-state index is 12.4. The summed E-state index contributed by atoms with van der Waals surface area (Å²) in [4.78, 5) is 0. The molecule has 1 atom stereocenters. The molecule has 0 radical (unpaired) electrons. The lowest BCUT2D eigenvalue weighted by molar-refractivity contribution is -0.154. The third kappa shape index (κ3) is 3.57. The normalized spacial score (nSPS) is 14.0. The van der Waals surface area contributed by atoms with Gasteiger partial charge in [0.25, 0.3) is 0 Å². The number of thioether (sulfide) groups is 1. The van der Waals surface area contributed by atoms with Crippen LogP contribution in [0.25, 0.3) is 0 Å². The minimum Gasteiger partial charge on any atom is -0.225 e. The van der Waals surface area contributed by atoms with Crippen LogP contribution in [0.15, 0.2) is 30.3 Å². The molecule has 1 unspecified atom stereocenters. The largest absolute Gasteiger partial charge is 0.429 e. The van der Waals surface area contributed by atoms with E-state index in [1.165, 1.54) is 0 Å². The Balaban J connectivity index is 2.42. The number of alkyl halides is 4. The molecular weight excluding hydrogens is 216 g/mol. The van der Waals surface area contributed by atoms with Gasteiger partial charge in [-0.15, -0.1) is 11.8 Å². The molecule has 0 spiro atoms. The Hall–Kier alpha value is -0.710. The quantitative estimate of drug-likeness (QED) is 0.704. The number of benzene rings is 1. The van der Waals surface area contributed by atoms with Crippen LogP contribution in [0, 0.1) is 0 Å². The summed E-state index contributed by atoms with van der Waals surface area (Å²) in [5, 5.41) is 0. The fourth-order valence-corrected chi connectivity index (χ4v) is 1.56. The van der Waals surface area contributed by atoms with Crippen LogP contribution in [0.5, 0.6) is 0 Å². The Morgan fingerprint density at radius 2 is 1.71 bits per heavy atom. The monoisotopic (exact) mass is 224 g/mol. The Morgan fingerprint density at radius 1 is 1.14 bits per heavy atom. The minimum atomic E-state index is -4.76. The zero-order valence-electron chi connectivity index (χ0n) is 7.09. The number of rotatable bonds is 3. The molecule has 78 valence electrons. The molecule has 0 amide bonds. The highest BCUT2D eigenvalue weighted by Crippen LogP contribution is 2.32. The van der Waals surface area contributed by atoms with Crippen molar-refractivity contribution in [1.29, 1.82) is 0 Å². The van der Waals surface area contributed by atoms with Crippen molar-refractivity contribution in [1.82, 2.24) is 0 Å². The topological polar surface area (TPSA) is 0 Å². The van der Waals surface area contributed by atoms with Crippen molar-refractivity contribution in [2.75, 3.05) is 0 Å². The maximum atomic E-state index is 12.4. The second-order valence-electron chi connectivity index (χ2n) is 2.65. The van der Waals surface area contributed by atoms with E-state index in [1.54, 1.807) is 30.3 Å². The van der Waals surface area contributed by atoms with Gasteiger partial charge in [-0.05, 0) is 5.56 Å². The van der Waals surface area contributed by atoms with Crippen molar-refractivity contribution in [2.45, 2.75) is 17.4 Å². The summed E-state index contributed by atoms with van der Waals surface area (Å²) >= 11 is 0.245. The molecule has 0 aliphatic heterocycles. The Kier molecular flexibility index (Phi) is 3.80. The molecule has 1 rings (SSSR count).